The van der Waals surface area contributed by atoms with Gasteiger partial charge in [0.05, 0.1) is 6.07 Å². The van der Waals surface area contributed by atoms with Crippen molar-refractivity contribution in [3.8, 4) is 6.07 Å². The second-order valence-corrected chi connectivity index (χ2v) is 5.81. The summed E-state index contributed by atoms with van der Waals surface area (Å²) in [6, 6.07) is 4.15. The molecule has 114 valence electrons. The van der Waals surface area contributed by atoms with Crippen molar-refractivity contribution >= 4 is 27.5 Å². The minimum absolute atomic E-state index is 0.240. The molecule has 0 aliphatic rings. The number of hydrogen-bond donors (Lipinski definition) is 1. The summed E-state index contributed by atoms with van der Waals surface area (Å²) in [6.07, 6.45) is 1.96. The van der Waals surface area contributed by atoms with Crippen molar-refractivity contribution in [1.29, 1.82) is 5.26 Å². The van der Waals surface area contributed by atoms with Gasteiger partial charge in [-0.3, -0.25) is 4.79 Å². The maximum atomic E-state index is 13.8. The van der Waals surface area contributed by atoms with Crippen LogP contribution in [0.5, 0.6) is 0 Å². The van der Waals surface area contributed by atoms with Gasteiger partial charge < -0.3 is 5.32 Å². The molecule has 0 fully saturated rings. The number of benzene rings is 1. The van der Waals surface area contributed by atoms with Crippen LogP contribution in [0.15, 0.2) is 16.6 Å². The molecule has 0 saturated carbocycles. The number of anilines is 1. The highest BCUT2D eigenvalue weighted by molar-refractivity contribution is 9.10. The fourth-order valence-electron chi connectivity index (χ4n) is 2.26. The predicted molar refractivity (Wildman–Crippen MR) is 80.5 cm³/mol. The van der Waals surface area contributed by atoms with Crippen LogP contribution in [0, 0.1) is 28.4 Å². The van der Waals surface area contributed by atoms with Crippen LogP contribution in [-0.2, 0) is 4.79 Å². The van der Waals surface area contributed by atoms with Crippen molar-refractivity contribution in [3.05, 3.63) is 28.2 Å². The van der Waals surface area contributed by atoms with Crippen molar-refractivity contribution in [1.82, 2.24) is 0 Å². The quantitative estimate of drug-likeness (QED) is 0.795. The summed E-state index contributed by atoms with van der Waals surface area (Å²) in [5, 5.41) is 11.6. The standard InChI is InChI=1S/C15H17BrF2N2O/c1-3-5-15(9-19,6-4-2)14(21)20-13-11(17)7-10(16)8-12(13)18/h7-8H,3-6H2,1-2H3,(H,20,21). The molecule has 0 aromatic heterocycles. The summed E-state index contributed by atoms with van der Waals surface area (Å²) in [5.41, 5.74) is -1.77. The Bertz CT molecular complexity index is 540. The lowest BCUT2D eigenvalue weighted by Crippen LogP contribution is -2.35. The number of carbonyl (C=O) groups is 1. The van der Waals surface area contributed by atoms with Crippen LogP contribution in [0.25, 0.3) is 0 Å². The second kappa shape index (κ2) is 7.51. The van der Waals surface area contributed by atoms with Gasteiger partial charge in [-0.2, -0.15) is 5.26 Å². The lowest BCUT2D eigenvalue weighted by Gasteiger charge is -2.24. The van der Waals surface area contributed by atoms with Crippen LogP contribution in [0.2, 0.25) is 0 Å². The number of nitrogens with zero attached hydrogens (tertiary/aromatic N) is 1. The van der Waals surface area contributed by atoms with Crippen LogP contribution in [0.3, 0.4) is 0 Å². The predicted octanol–water partition coefficient (Wildman–Crippen LogP) is 4.78. The zero-order chi connectivity index (χ0) is 16.0. The minimum atomic E-state index is -1.25. The van der Waals surface area contributed by atoms with E-state index in [1.54, 1.807) is 0 Å². The summed E-state index contributed by atoms with van der Waals surface area (Å²) in [6.45, 7) is 3.71. The number of carbonyl (C=O) groups excluding carboxylic acids is 1. The molecule has 3 nitrogen and oxygen atoms in total. The highest BCUT2D eigenvalue weighted by atomic mass is 79.9. The minimum Gasteiger partial charge on any atom is -0.320 e. The first-order valence-electron chi connectivity index (χ1n) is 6.77. The fourth-order valence-corrected chi connectivity index (χ4v) is 2.66. The van der Waals surface area contributed by atoms with E-state index in [2.05, 4.69) is 21.2 Å². The van der Waals surface area contributed by atoms with Gasteiger partial charge in [-0.15, -0.1) is 0 Å². The molecule has 0 heterocycles. The number of rotatable bonds is 6. The van der Waals surface area contributed by atoms with Crippen molar-refractivity contribution in [3.63, 3.8) is 0 Å². The van der Waals surface area contributed by atoms with Crippen LogP contribution >= 0.6 is 15.9 Å². The molecule has 0 bridgehead atoms. The monoisotopic (exact) mass is 358 g/mol. The number of hydrogen-bond acceptors (Lipinski definition) is 2. The van der Waals surface area contributed by atoms with Gasteiger partial charge in [-0.25, -0.2) is 8.78 Å². The second-order valence-electron chi connectivity index (χ2n) is 4.89. The van der Waals surface area contributed by atoms with E-state index in [0.29, 0.717) is 25.7 Å². The van der Waals surface area contributed by atoms with Crippen molar-refractivity contribution in [2.45, 2.75) is 39.5 Å². The van der Waals surface area contributed by atoms with E-state index in [1.165, 1.54) is 0 Å². The Kier molecular flexibility index (Phi) is 6.28. The first-order chi connectivity index (χ1) is 9.90. The van der Waals surface area contributed by atoms with Crippen molar-refractivity contribution in [2.75, 3.05) is 5.32 Å². The van der Waals surface area contributed by atoms with Crippen LogP contribution in [0.4, 0.5) is 14.5 Å². The van der Waals surface area contributed by atoms with Gasteiger partial charge in [0.1, 0.15) is 11.1 Å². The van der Waals surface area contributed by atoms with Gasteiger partial charge >= 0.3 is 0 Å². The Balaban J connectivity index is 3.11. The number of nitrogens with one attached hydrogen (secondary N) is 1. The molecule has 0 unspecified atom stereocenters. The molecule has 0 saturated heterocycles. The van der Waals surface area contributed by atoms with E-state index >= 15 is 0 Å². The molecular weight excluding hydrogens is 342 g/mol. The molecule has 1 rings (SSSR count). The van der Waals surface area contributed by atoms with E-state index in [-0.39, 0.29) is 4.47 Å². The molecule has 1 aromatic carbocycles. The molecule has 0 spiro atoms. The molecule has 0 radical (unpaired) electrons. The first-order valence-corrected chi connectivity index (χ1v) is 7.56. The third-order valence-electron chi connectivity index (χ3n) is 3.25. The SMILES string of the molecule is CCCC(C#N)(CCC)C(=O)Nc1c(F)cc(Br)cc1F. The summed E-state index contributed by atoms with van der Waals surface area (Å²) in [7, 11) is 0. The largest absolute Gasteiger partial charge is 0.320 e. The fraction of sp³-hybridized carbons (Fsp3) is 0.467. The zero-order valence-corrected chi connectivity index (χ0v) is 13.6. The van der Waals surface area contributed by atoms with Crippen LogP contribution in [-0.4, -0.2) is 5.91 Å². The van der Waals surface area contributed by atoms with Gasteiger partial charge in [-0.1, -0.05) is 42.6 Å². The summed E-state index contributed by atoms with van der Waals surface area (Å²) < 4.78 is 27.8. The lowest BCUT2D eigenvalue weighted by molar-refractivity contribution is -0.123. The van der Waals surface area contributed by atoms with E-state index in [1.807, 2.05) is 19.9 Å². The molecule has 1 N–H and O–H groups in total. The van der Waals surface area contributed by atoms with E-state index < -0.39 is 28.6 Å². The third kappa shape index (κ3) is 4.01. The average molecular weight is 359 g/mol. The van der Waals surface area contributed by atoms with Gasteiger partial charge in [0, 0.05) is 4.47 Å². The molecule has 1 amide bonds. The van der Waals surface area contributed by atoms with Crippen LogP contribution in [0.1, 0.15) is 39.5 Å². The summed E-state index contributed by atoms with van der Waals surface area (Å²) >= 11 is 2.97. The molecule has 0 aliphatic heterocycles. The molecule has 1 aromatic rings. The Morgan fingerprint density at radius 3 is 2.14 bits per heavy atom. The maximum Gasteiger partial charge on any atom is 0.245 e. The number of amides is 1. The number of halogens is 3. The molecular formula is C15H17BrF2N2O. The Morgan fingerprint density at radius 1 is 1.29 bits per heavy atom. The normalized spacial score (nSPS) is 11.0. The highest BCUT2D eigenvalue weighted by Crippen LogP contribution is 2.32. The third-order valence-corrected chi connectivity index (χ3v) is 3.71. The van der Waals surface area contributed by atoms with Crippen LogP contribution < -0.4 is 5.32 Å². The molecule has 0 atom stereocenters. The maximum absolute atomic E-state index is 13.8. The van der Waals surface area contributed by atoms with Gasteiger partial charge in [0.25, 0.3) is 0 Å². The topological polar surface area (TPSA) is 52.9 Å². The van der Waals surface area contributed by atoms with Gasteiger partial charge in [0.2, 0.25) is 5.91 Å². The van der Waals surface area contributed by atoms with Gasteiger partial charge in [-0.05, 0) is 25.0 Å². The number of nitriles is 1. The van der Waals surface area contributed by atoms with Crippen molar-refractivity contribution < 1.29 is 13.6 Å². The highest BCUT2D eigenvalue weighted by Gasteiger charge is 2.37. The van der Waals surface area contributed by atoms with E-state index in [9.17, 15) is 18.8 Å². The first kappa shape index (κ1) is 17.6. The van der Waals surface area contributed by atoms with Gasteiger partial charge in [0.15, 0.2) is 11.6 Å². The Morgan fingerprint density at radius 2 is 1.76 bits per heavy atom. The Labute approximate surface area is 131 Å². The molecule has 21 heavy (non-hydrogen) atoms. The smallest absolute Gasteiger partial charge is 0.245 e. The summed E-state index contributed by atoms with van der Waals surface area (Å²) in [5.74, 6) is -2.42. The average Bonchev–Trinajstić information content (AvgIpc) is 2.42. The van der Waals surface area contributed by atoms with E-state index in [0.717, 1.165) is 12.1 Å². The summed E-state index contributed by atoms with van der Waals surface area (Å²) in [4.78, 5) is 12.4. The Hall–Kier alpha value is -1.48. The molecule has 6 heteroatoms. The lowest BCUT2D eigenvalue weighted by atomic mass is 9.79. The molecule has 0 aliphatic carbocycles. The van der Waals surface area contributed by atoms with Crippen molar-refractivity contribution in [2.24, 2.45) is 5.41 Å². The zero-order valence-electron chi connectivity index (χ0n) is 12.0. The van der Waals surface area contributed by atoms with E-state index in [4.69, 9.17) is 0 Å².